The van der Waals surface area contributed by atoms with Gasteiger partial charge < -0.3 is 15.4 Å². The predicted molar refractivity (Wildman–Crippen MR) is 133 cm³/mol. The van der Waals surface area contributed by atoms with Gasteiger partial charge in [-0.15, -0.1) is 0 Å². The summed E-state index contributed by atoms with van der Waals surface area (Å²) in [5.74, 6) is -0.313. The number of hydrogen-bond donors (Lipinski definition) is 2. The summed E-state index contributed by atoms with van der Waals surface area (Å²) in [6, 6.07) is 26.7. The maximum absolute atomic E-state index is 13.0. The molecule has 0 spiro atoms. The van der Waals surface area contributed by atoms with E-state index in [-0.39, 0.29) is 17.4 Å². The highest BCUT2D eigenvalue weighted by Gasteiger charge is 2.18. The van der Waals surface area contributed by atoms with Crippen molar-refractivity contribution in [3.05, 3.63) is 102 Å². The molecule has 0 atom stereocenters. The smallest absolute Gasteiger partial charge is 0.261 e. The fraction of sp³-hybridized carbons (Fsp3) is 0.192. The van der Waals surface area contributed by atoms with Gasteiger partial charge in [0.25, 0.3) is 5.91 Å². The molecule has 0 unspecified atom stereocenters. The molecular formula is C26H27N3O3S. The summed E-state index contributed by atoms with van der Waals surface area (Å²) in [6.45, 7) is 1.19. The Balaban J connectivity index is 1.65. The minimum absolute atomic E-state index is 0.127. The van der Waals surface area contributed by atoms with Crippen molar-refractivity contribution in [1.29, 1.82) is 0 Å². The lowest BCUT2D eigenvalue weighted by molar-refractivity contribution is -0.118. The average molecular weight is 462 g/mol. The number of nitrogens with one attached hydrogen (secondary N) is 1. The molecule has 6 nitrogen and oxygen atoms in total. The summed E-state index contributed by atoms with van der Waals surface area (Å²) in [4.78, 5) is 26.1. The van der Waals surface area contributed by atoms with Crippen molar-refractivity contribution in [1.82, 2.24) is 10.2 Å². The highest BCUT2D eigenvalue weighted by molar-refractivity contribution is 7.80. The first kappa shape index (κ1) is 23.9. The first-order chi connectivity index (χ1) is 16.0. The van der Waals surface area contributed by atoms with Crippen molar-refractivity contribution in [2.24, 2.45) is 5.73 Å². The Hall–Kier alpha value is -3.71. The van der Waals surface area contributed by atoms with Gasteiger partial charge in [-0.25, -0.2) is 0 Å². The van der Waals surface area contributed by atoms with E-state index < -0.39 is 5.91 Å². The van der Waals surface area contributed by atoms with Gasteiger partial charge in [0.15, 0.2) is 5.11 Å². The van der Waals surface area contributed by atoms with E-state index in [0.29, 0.717) is 31.0 Å². The van der Waals surface area contributed by atoms with E-state index in [0.717, 1.165) is 17.5 Å². The largest absolute Gasteiger partial charge is 0.492 e. The number of carbonyl (C=O) groups is 2. The van der Waals surface area contributed by atoms with Crippen LogP contribution >= 0.6 is 12.2 Å². The van der Waals surface area contributed by atoms with Gasteiger partial charge in [-0.1, -0.05) is 72.8 Å². The fourth-order valence-electron chi connectivity index (χ4n) is 3.25. The van der Waals surface area contributed by atoms with Crippen LogP contribution < -0.4 is 15.8 Å². The quantitative estimate of drug-likeness (QED) is 0.450. The van der Waals surface area contributed by atoms with E-state index in [1.807, 2.05) is 66.7 Å². The van der Waals surface area contributed by atoms with Gasteiger partial charge >= 0.3 is 0 Å². The third kappa shape index (κ3) is 7.73. The van der Waals surface area contributed by atoms with Crippen LogP contribution in [0.25, 0.3) is 0 Å². The molecule has 170 valence electrons. The van der Waals surface area contributed by atoms with Crippen LogP contribution in [0.1, 0.15) is 27.9 Å². The molecule has 0 radical (unpaired) electrons. The van der Waals surface area contributed by atoms with Crippen molar-refractivity contribution in [3.8, 4) is 5.75 Å². The van der Waals surface area contributed by atoms with Crippen LogP contribution in [0.4, 0.5) is 0 Å². The summed E-state index contributed by atoms with van der Waals surface area (Å²) < 4.78 is 5.90. The Morgan fingerprint density at radius 3 is 2.15 bits per heavy atom. The highest BCUT2D eigenvalue weighted by Crippen LogP contribution is 2.18. The first-order valence-electron chi connectivity index (χ1n) is 10.7. The monoisotopic (exact) mass is 461 g/mol. The van der Waals surface area contributed by atoms with Crippen molar-refractivity contribution < 1.29 is 14.3 Å². The lowest BCUT2D eigenvalue weighted by Crippen LogP contribution is -2.43. The molecule has 0 saturated heterocycles. The number of hydrogen-bond acceptors (Lipinski definition) is 4. The van der Waals surface area contributed by atoms with Crippen LogP contribution in [0.2, 0.25) is 0 Å². The van der Waals surface area contributed by atoms with Gasteiger partial charge in [0.05, 0.1) is 12.2 Å². The number of benzene rings is 3. The minimum atomic E-state index is -0.431. The van der Waals surface area contributed by atoms with Crippen molar-refractivity contribution in [3.63, 3.8) is 0 Å². The molecule has 0 fully saturated rings. The molecule has 0 bridgehead atoms. The SMILES string of the molecule is NC(=O)CCN(Cc1ccccc1)C(=S)NC(=O)c1ccccc1OCCc1ccccc1. The zero-order valence-corrected chi connectivity index (χ0v) is 19.1. The molecule has 3 N–H and O–H groups in total. The van der Waals surface area contributed by atoms with Gasteiger partial charge in [-0.05, 0) is 35.5 Å². The molecule has 3 aromatic rings. The van der Waals surface area contributed by atoms with E-state index in [2.05, 4.69) is 5.32 Å². The van der Waals surface area contributed by atoms with Gasteiger partial charge in [0.1, 0.15) is 5.75 Å². The Kier molecular flexibility index (Phi) is 8.97. The minimum Gasteiger partial charge on any atom is -0.492 e. The highest BCUT2D eigenvalue weighted by atomic mass is 32.1. The second kappa shape index (κ2) is 12.4. The van der Waals surface area contributed by atoms with Gasteiger partial charge in [-0.3, -0.25) is 14.9 Å². The predicted octanol–water partition coefficient (Wildman–Crippen LogP) is 3.70. The molecule has 0 aliphatic rings. The summed E-state index contributed by atoms with van der Waals surface area (Å²) in [5.41, 5.74) is 7.88. The second-order valence-corrected chi connectivity index (χ2v) is 7.85. The third-order valence-electron chi connectivity index (χ3n) is 4.97. The molecule has 2 amide bonds. The number of nitrogens with two attached hydrogens (primary N) is 1. The molecule has 0 aliphatic carbocycles. The van der Waals surface area contributed by atoms with Gasteiger partial charge in [-0.2, -0.15) is 0 Å². The van der Waals surface area contributed by atoms with Crippen LogP contribution in [0.5, 0.6) is 5.75 Å². The molecule has 3 rings (SSSR count). The summed E-state index contributed by atoms with van der Waals surface area (Å²) in [7, 11) is 0. The van der Waals surface area contributed by atoms with Crippen LogP contribution in [-0.2, 0) is 17.8 Å². The van der Waals surface area contributed by atoms with E-state index in [1.54, 1.807) is 23.1 Å². The number of carbonyl (C=O) groups excluding carboxylic acids is 2. The number of amides is 2. The van der Waals surface area contributed by atoms with Crippen molar-refractivity contribution >= 4 is 29.1 Å². The molecule has 33 heavy (non-hydrogen) atoms. The maximum atomic E-state index is 13.0. The summed E-state index contributed by atoms with van der Waals surface area (Å²) >= 11 is 5.50. The van der Waals surface area contributed by atoms with Gasteiger partial charge in [0, 0.05) is 25.9 Å². The van der Waals surface area contributed by atoms with E-state index in [1.165, 1.54) is 0 Å². The van der Waals surface area contributed by atoms with Crippen LogP contribution in [-0.4, -0.2) is 35.0 Å². The fourth-order valence-corrected chi connectivity index (χ4v) is 3.50. The number of primary amides is 1. The second-order valence-electron chi connectivity index (χ2n) is 7.46. The zero-order valence-electron chi connectivity index (χ0n) is 18.3. The van der Waals surface area contributed by atoms with E-state index in [9.17, 15) is 9.59 Å². The maximum Gasteiger partial charge on any atom is 0.261 e. The molecule has 0 saturated carbocycles. The lowest BCUT2D eigenvalue weighted by atomic mass is 10.1. The normalized spacial score (nSPS) is 10.3. The Morgan fingerprint density at radius 1 is 0.879 bits per heavy atom. The van der Waals surface area contributed by atoms with Crippen LogP contribution in [0, 0.1) is 0 Å². The average Bonchev–Trinajstić information content (AvgIpc) is 2.83. The third-order valence-corrected chi connectivity index (χ3v) is 5.34. The topological polar surface area (TPSA) is 84.7 Å². The standard InChI is InChI=1S/C26H27N3O3S/c27-24(30)15-17-29(19-21-11-5-2-6-12-21)26(33)28-25(31)22-13-7-8-14-23(22)32-18-16-20-9-3-1-4-10-20/h1-14H,15-19H2,(H2,27,30)(H,28,31,33). The Morgan fingerprint density at radius 2 is 1.48 bits per heavy atom. The van der Waals surface area contributed by atoms with Crippen molar-refractivity contribution in [2.45, 2.75) is 19.4 Å². The number of nitrogens with zero attached hydrogens (tertiary/aromatic N) is 1. The van der Waals surface area contributed by atoms with Crippen LogP contribution in [0.3, 0.4) is 0 Å². The molecular weight excluding hydrogens is 434 g/mol. The van der Waals surface area contributed by atoms with Crippen LogP contribution in [0.15, 0.2) is 84.9 Å². The molecule has 7 heteroatoms. The number of rotatable bonds is 10. The number of thiocarbonyl (C=S) groups is 1. The van der Waals surface area contributed by atoms with Gasteiger partial charge in [0.2, 0.25) is 5.91 Å². The zero-order chi connectivity index (χ0) is 23.5. The molecule has 0 heterocycles. The summed E-state index contributed by atoms with van der Waals surface area (Å²) in [6.07, 6.45) is 0.856. The van der Waals surface area contributed by atoms with Crippen molar-refractivity contribution in [2.75, 3.05) is 13.2 Å². The summed E-state index contributed by atoms with van der Waals surface area (Å²) in [5, 5.41) is 3.00. The first-order valence-corrected chi connectivity index (χ1v) is 11.1. The lowest BCUT2D eigenvalue weighted by Gasteiger charge is -2.25. The van der Waals surface area contributed by atoms with E-state index >= 15 is 0 Å². The Bertz CT molecular complexity index is 1070. The number of ether oxygens (including phenoxy) is 1. The molecule has 3 aromatic carbocycles. The Labute approximate surface area is 199 Å². The molecule has 0 aliphatic heterocycles. The molecule has 0 aromatic heterocycles. The van der Waals surface area contributed by atoms with E-state index in [4.69, 9.17) is 22.7 Å². The number of para-hydroxylation sites is 1.